The van der Waals surface area contributed by atoms with E-state index in [0.29, 0.717) is 6.54 Å². The van der Waals surface area contributed by atoms with E-state index in [1.807, 2.05) is 0 Å². The molecule has 2 N–H and O–H groups in total. The Bertz CT molecular complexity index is 373. The van der Waals surface area contributed by atoms with Crippen LogP contribution in [0.5, 0.6) is 0 Å². The first-order chi connectivity index (χ1) is 8.20. The van der Waals surface area contributed by atoms with Gasteiger partial charge in [0.05, 0.1) is 5.69 Å². The molecule has 94 valence electrons. The van der Waals surface area contributed by atoms with Crippen molar-refractivity contribution in [3.8, 4) is 0 Å². The molecule has 0 bridgehead atoms. The predicted molar refractivity (Wildman–Crippen MR) is 76.6 cm³/mol. The number of rotatable bonds is 3. The van der Waals surface area contributed by atoms with E-state index in [9.17, 15) is 0 Å². The Hall–Kier alpha value is -0.580. The third kappa shape index (κ3) is 3.21. The van der Waals surface area contributed by atoms with Crippen LogP contribution in [0.4, 0.5) is 5.69 Å². The van der Waals surface area contributed by atoms with Crippen LogP contribution in [0.3, 0.4) is 0 Å². The van der Waals surface area contributed by atoms with E-state index in [2.05, 4.69) is 51.0 Å². The molecule has 1 fully saturated rings. The van der Waals surface area contributed by atoms with E-state index in [1.165, 1.54) is 15.7 Å². The summed E-state index contributed by atoms with van der Waals surface area (Å²) in [5.41, 5.74) is 8.18. The molecule has 1 aliphatic rings. The van der Waals surface area contributed by atoms with E-state index in [1.54, 1.807) is 0 Å². The van der Waals surface area contributed by atoms with E-state index >= 15 is 0 Å². The van der Waals surface area contributed by atoms with Crippen molar-refractivity contribution in [1.29, 1.82) is 0 Å². The number of nitrogens with zero attached hydrogens (tertiary/aromatic N) is 2. The van der Waals surface area contributed by atoms with Crippen LogP contribution in [0.2, 0.25) is 0 Å². The molecular weight excluding hydrogens is 278 g/mol. The zero-order valence-electron chi connectivity index (χ0n) is 10.3. The van der Waals surface area contributed by atoms with Crippen LogP contribution in [-0.2, 0) is 6.42 Å². The van der Waals surface area contributed by atoms with Crippen molar-refractivity contribution in [2.45, 2.75) is 6.42 Å². The number of anilines is 1. The third-order valence-corrected chi connectivity index (χ3v) is 3.92. The van der Waals surface area contributed by atoms with Gasteiger partial charge in [-0.3, -0.25) is 0 Å². The van der Waals surface area contributed by atoms with Gasteiger partial charge in [0.15, 0.2) is 0 Å². The Labute approximate surface area is 112 Å². The van der Waals surface area contributed by atoms with Crippen molar-refractivity contribution in [1.82, 2.24) is 4.90 Å². The van der Waals surface area contributed by atoms with Crippen molar-refractivity contribution in [2.75, 3.05) is 44.7 Å². The molecule has 3 nitrogen and oxygen atoms in total. The van der Waals surface area contributed by atoms with Gasteiger partial charge in [-0.1, -0.05) is 6.07 Å². The zero-order chi connectivity index (χ0) is 12.3. The number of piperazine rings is 1. The fourth-order valence-corrected chi connectivity index (χ4v) is 2.85. The quantitative estimate of drug-likeness (QED) is 0.922. The highest BCUT2D eigenvalue weighted by molar-refractivity contribution is 9.10. The van der Waals surface area contributed by atoms with E-state index in [-0.39, 0.29) is 0 Å². The van der Waals surface area contributed by atoms with E-state index in [0.717, 1.165) is 32.6 Å². The molecule has 0 spiro atoms. The van der Waals surface area contributed by atoms with Gasteiger partial charge in [-0.2, -0.15) is 0 Å². The van der Waals surface area contributed by atoms with Crippen LogP contribution < -0.4 is 10.6 Å². The smallest absolute Gasteiger partial charge is 0.0511 e. The minimum absolute atomic E-state index is 0.709. The van der Waals surface area contributed by atoms with Gasteiger partial charge in [0.2, 0.25) is 0 Å². The van der Waals surface area contributed by atoms with Gasteiger partial charge >= 0.3 is 0 Å². The van der Waals surface area contributed by atoms with Crippen molar-refractivity contribution in [3.05, 3.63) is 28.2 Å². The highest BCUT2D eigenvalue weighted by Crippen LogP contribution is 2.28. The molecule has 4 heteroatoms. The monoisotopic (exact) mass is 297 g/mol. The number of hydrogen-bond acceptors (Lipinski definition) is 3. The summed E-state index contributed by atoms with van der Waals surface area (Å²) in [5.74, 6) is 0. The van der Waals surface area contributed by atoms with Gasteiger partial charge in [-0.15, -0.1) is 0 Å². The summed E-state index contributed by atoms with van der Waals surface area (Å²) in [5, 5.41) is 0. The molecule has 1 heterocycles. The first-order valence-corrected chi connectivity index (χ1v) is 6.92. The highest BCUT2D eigenvalue weighted by atomic mass is 79.9. The molecule has 0 aliphatic carbocycles. The molecule has 1 saturated heterocycles. The average molecular weight is 298 g/mol. The average Bonchev–Trinajstić information content (AvgIpc) is 2.31. The molecular formula is C13H20BrN3. The van der Waals surface area contributed by atoms with Gasteiger partial charge in [0, 0.05) is 30.7 Å². The number of hydrogen-bond donors (Lipinski definition) is 1. The molecule has 17 heavy (non-hydrogen) atoms. The zero-order valence-corrected chi connectivity index (χ0v) is 11.9. The minimum Gasteiger partial charge on any atom is -0.368 e. The maximum absolute atomic E-state index is 5.58. The van der Waals surface area contributed by atoms with Gasteiger partial charge < -0.3 is 15.5 Å². The number of likely N-dealkylation sites (N-methyl/N-ethyl adjacent to an activating group) is 1. The van der Waals surface area contributed by atoms with Crippen LogP contribution in [0.1, 0.15) is 5.56 Å². The molecule has 0 aromatic heterocycles. The van der Waals surface area contributed by atoms with Crippen molar-refractivity contribution in [2.24, 2.45) is 5.73 Å². The molecule has 0 radical (unpaired) electrons. The number of halogens is 1. The SMILES string of the molecule is CN1CCN(c2ccc(CCN)cc2Br)CC1. The Balaban J connectivity index is 2.10. The van der Waals surface area contributed by atoms with E-state index in [4.69, 9.17) is 5.73 Å². The lowest BCUT2D eigenvalue weighted by Gasteiger charge is -2.34. The maximum atomic E-state index is 5.58. The second kappa shape index (κ2) is 5.85. The fourth-order valence-electron chi connectivity index (χ4n) is 2.18. The minimum atomic E-state index is 0.709. The summed E-state index contributed by atoms with van der Waals surface area (Å²) < 4.78 is 1.19. The predicted octanol–water partition coefficient (Wildman–Crippen LogP) is 1.70. The van der Waals surface area contributed by atoms with Crippen molar-refractivity contribution in [3.63, 3.8) is 0 Å². The van der Waals surface area contributed by atoms with Gasteiger partial charge in [0.1, 0.15) is 0 Å². The fraction of sp³-hybridized carbons (Fsp3) is 0.538. The van der Waals surface area contributed by atoms with Gasteiger partial charge in [0.25, 0.3) is 0 Å². The molecule has 2 rings (SSSR count). The lowest BCUT2D eigenvalue weighted by molar-refractivity contribution is 0.312. The molecule has 0 unspecified atom stereocenters. The molecule has 0 saturated carbocycles. The standard InChI is InChI=1S/C13H20BrN3/c1-16-6-8-17(9-7-16)13-3-2-11(4-5-15)10-12(13)14/h2-3,10H,4-9,15H2,1H3. The van der Waals surface area contributed by atoms with Crippen molar-refractivity contribution < 1.29 is 0 Å². The van der Waals surface area contributed by atoms with Crippen LogP contribution >= 0.6 is 15.9 Å². The van der Waals surface area contributed by atoms with Gasteiger partial charge in [-0.05, 0) is 53.6 Å². The first kappa shape index (κ1) is 12.9. The summed E-state index contributed by atoms with van der Waals surface area (Å²) in [6.07, 6.45) is 0.946. The molecule has 0 atom stereocenters. The Kier molecular flexibility index (Phi) is 4.42. The number of nitrogens with two attached hydrogens (primary N) is 1. The summed E-state index contributed by atoms with van der Waals surface area (Å²) >= 11 is 3.67. The summed E-state index contributed by atoms with van der Waals surface area (Å²) in [6.45, 7) is 5.19. The lowest BCUT2D eigenvalue weighted by atomic mass is 10.1. The normalized spacial score (nSPS) is 17.5. The summed E-state index contributed by atoms with van der Waals surface area (Å²) in [4.78, 5) is 4.81. The van der Waals surface area contributed by atoms with Crippen LogP contribution in [0.15, 0.2) is 22.7 Å². The van der Waals surface area contributed by atoms with Crippen molar-refractivity contribution >= 4 is 21.6 Å². The second-order valence-electron chi connectivity index (χ2n) is 4.61. The Morgan fingerprint density at radius 1 is 1.24 bits per heavy atom. The topological polar surface area (TPSA) is 32.5 Å². The third-order valence-electron chi connectivity index (χ3n) is 3.29. The first-order valence-electron chi connectivity index (χ1n) is 6.12. The van der Waals surface area contributed by atoms with Crippen LogP contribution in [0.25, 0.3) is 0 Å². The summed E-state index contributed by atoms with van der Waals surface area (Å²) in [7, 11) is 2.18. The van der Waals surface area contributed by atoms with Gasteiger partial charge in [-0.25, -0.2) is 0 Å². The summed E-state index contributed by atoms with van der Waals surface area (Å²) in [6, 6.07) is 6.59. The molecule has 0 amide bonds. The Morgan fingerprint density at radius 2 is 1.94 bits per heavy atom. The van der Waals surface area contributed by atoms with Crippen LogP contribution in [0, 0.1) is 0 Å². The molecule has 1 aliphatic heterocycles. The molecule has 1 aromatic rings. The molecule has 1 aromatic carbocycles. The lowest BCUT2D eigenvalue weighted by Crippen LogP contribution is -2.44. The number of benzene rings is 1. The largest absolute Gasteiger partial charge is 0.368 e. The maximum Gasteiger partial charge on any atom is 0.0511 e. The highest BCUT2D eigenvalue weighted by Gasteiger charge is 2.16. The Morgan fingerprint density at radius 3 is 2.53 bits per heavy atom. The van der Waals surface area contributed by atoms with E-state index < -0.39 is 0 Å². The second-order valence-corrected chi connectivity index (χ2v) is 5.47. The van der Waals surface area contributed by atoms with Crippen LogP contribution in [-0.4, -0.2) is 44.7 Å².